The number of carbonyl (C=O) groups is 1. The molecule has 0 rings (SSSR count). The minimum Gasteiger partial charge on any atom is -0.466 e. The smallest absolute Gasteiger partial charge is 0.330 e. The van der Waals surface area contributed by atoms with Gasteiger partial charge >= 0.3 is 5.97 Å². The number of carbonyl (C=O) groups excluding carboxylic acids is 1. The van der Waals surface area contributed by atoms with Crippen molar-refractivity contribution in [1.29, 1.82) is 0 Å². The fourth-order valence-corrected chi connectivity index (χ4v) is 1.77. The van der Waals surface area contributed by atoms with Gasteiger partial charge in [0.25, 0.3) is 0 Å². The van der Waals surface area contributed by atoms with Crippen molar-refractivity contribution in [1.82, 2.24) is 0 Å². The summed E-state index contributed by atoms with van der Waals surface area (Å²) in [5.41, 5.74) is 1.83. The van der Waals surface area contributed by atoms with Crippen LogP contribution in [0.1, 0.15) is 47.0 Å². The highest BCUT2D eigenvalue weighted by Crippen LogP contribution is 2.14. The molecule has 0 radical (unpaired) electrons. The van der Waals surface area contributed by atoms with Gasteiger partial charge in [-0.3, -0.25) is 0 Å². The van der Waals surface area contributed by atoms with E-state index in [1.807, 2.05) is 32.9 Å². The largest absolute Gasteiger partial charge is 0.466 e. The lowest BCUT2D eigenvalue weighted by Gasteiger charge is -2.14. The van der Waals surface area contributed by atoms with Gasteiger partial charge in [0.15, 0.2) is 0 Å². The fraction of sp³-hybridized carbons (Fsp3) is 0.611. The Kier molecular flexibility index (Phi) is 10.5. The molecule has 3 atom stereocenters. The second-order valence-corrected chi connectivity index (χ2v) is 5.80. The number of allylic oxidation sites excluding steroid dienone is 3. The monoisotopic (exact) mass is 310 g/mol. The highest BCUT2D eigenvalue weighted by atomic mass is 16.5. The Balaban J connectivity index is 4.31. The molecule has 0 unspecified atom stereocenters. The number of methoxy groups -OCH3 is 1. The van der Waals surface area contributed by atoms with Crippen molar-refractivity contribution in [2.75, 3.05) is 7.11 Å². The fourth-order valence-electron chi connectivity index (χ4n) is 1.77. The molecule has 0 aliphatic rings. The molecule has 126 valence electrons. The summed E-state index contributed by atoms with van der Waals surface area (Å²) in [5.74, 6) is -0.136. The summed E-state index contributed by atoms with van der Waals surface area (Å²) in [5, 5.41) is 19.5. The lowest BCUT2D eigenvalue weighted by atomic mass is 9.98. The molecule has 0 aromatic rings. The Morgan fingerprint density at radius 2 is 1.77 bits per heavy atom. The first-order chi connectivity index (χ1) is 10.3. The number of aliphatic hydroxyl groups is 2. The van der Waals surface area contributed by atoms with Gasteiger partial charge in [-0.2, -0.15) is 0 Å². The second kappa shape index (κ2) is 11.2. The number of hydrogen-bond donors (Lipinski definition) is 2. The number of esters is 1. The number of hydrogen-bond acceptors (Lipinski definition) is 4. The minimum atomic E-state index is -0.525. The third-order valence-electron chi connectivity index (χ3n) is 3.78. The van der Waals surface area contributed by atoms with Gasteiger partial charge in [0.1, 0.15) is 0 Å². The van der Waals surface area contributed by atoms with E-state index in [9.17, 15) is 15.0 Å². The van der Waals surface area contributed by atoms with E-state index in [1.54, 1.807) is 13.0 Å². The molecule has 0 aliphatic heterocycles. The average molecular weight is 310 g/mol. The standard InChI is InChI=1S/C18H30O4/c1-13(10-12-18(21)22-5)9-11-17(20)15(3)8-6-7-14(2)16(4)19/h8-10,12,14,16-17,19-20H,6-7,11H2,1-5H3/b12-10+,13-9+,15-8+/t14-,16+,17+/m1/s1. The Hall–Kier alpha value is -1.39. The van der Waals surface area contributed by atoms with Crippen LogP contribution >= 0.6 is 0 Å². The summed E-state index contributed by atoms with van der Waals surface area (Å²) in [6, 6.07) is 0. The average Bonchev–Trinajstić information content (AvgIpc) is 2.49. The molecule has 2 N–H and O–H groups in total. The van der Waals surface area contributed by atoms with Crippen molar-refractivity contribution in [3.05, 3.63) is 35.5 Å². The molecule has 22 heavy (non-hydrogen) atoms. The third-order valence-corrected chi connectivity index (χ3v) is 3.78. The molecular formula is C18H30O4. The van der Waals surface area contributed by atoms with E-state index in [1.165, 1.54) is 13.2 Å². The highest BCUT2D eigenvalue weighted by Gasteiger charge is 2.08. The Bertz CT molecular complexity index is 419. The zero-order valence-electron chi connectivity index (χ0n) is 14.4. The molecule has 0 spiro atoms. The maximum absolute atomic E-state index is 11.0. The quantitative estimate of drug-likeness (QED) is 0.297. The number of ether oxygens (including phenoxy) is 1. The van der Waals surface area contributed by atoms with Crippen molar-refractivity contribution in [2.45, 2.75) is 59.2 Å². The van der Waals surface area contributed by atoms with E-state index >= 15 is 0 Å². The van der Waals surface area contributed by atoms with Gasteiger partial charge in [0.2, 0.25) is 0 Å². The lowest BCUT2D eigenvalue weighted by molar-refractivity contribution is -0.134. The van der Waals surface area contributed by atoms with Crippen LogP contribution in [0.4, 0.5) is 0 Å². The summed E-state index contributed by atoms with van der Waals surface area (Å²) in [6.07, 6.45) is 8.37. The van der Waals surface area contributed by atoms with Crippen molar-refractivity contribution in [3.63, 3.8) is 0 Å². The van der Waals surface area contributed by atoms with Gasteiger partial charge < -0.3 is 14.9 Å². The van der Waals surface area contributed by atoms with E-state index in [2.05, 4.69) is 4.74 Å². The van der Waals surface area contributed by atoms with Crippen molar-refractivity contribution in [3.8, 4) is 0 Å². The Morgan fingerprint density at radius 3 is 2.32 bits per heavy atom. The van der Waals surface area contributed by atoms with Crippen LogP contribution in [-0.4, -0.2) is 35.5 Å². The van der Waals surface area contributed by atoms with Crippen LogP contribution in [0.3, 0.4) is 0 Å². The maximum Gasteiger partial charge on any atom is 0.330 e. The van der Waals surface area contributed by atoms with E-state index in [0.717, 1.165) is 24.0 Å². The predicted molar refractivity (Wildman–Crippen MR) is 89.4 cm³/mol. The molecule has 0 bridgehead atoms. The number of rotatable bonds is 9. The summed E-state index contributed by atoms with van der Waals surface area (Å²) in [6.45, 7) is 7.59. The normalized spacial score (nSPS) is 17.4. The lowest BCUT2D eigenvalue weighted by Crippen LogP contribution is -2.12. The molecule has 0 amide bonds. The van der Waals surface area contributed by atoms with Crippen LogP contribution in [0.15, 0.2) is 35.5 Å². The highest BCUT2D eigenvalue weighted by molar-refractivity contribution is 5.82. The van der Waals surface area contributed by atoms with E-state index in [0.29, 0.717) is 6.42 Å². The molecule has 0 fully saturated rings. The van der Waals surface area contributed by atoms with Gasteiger partial charge in [-0.05, 0) is 51.5 Å². The molecule has 0 aliphatic carbocycles. The topological polar surface area (TPSA) is 66.8 Å². The van der Waals surface area contributed by atoms with Crippen LogP contribution in [-0.2, 0) is 9.53 Å². The van der Waals surface area contributed by atoms with Crippen molar-refractivity contribution in [2.24, 2.45) is 5.92 Å². The van der Waals surface area contributed by atoms with Gasteiger partial charge in [0.05, 0.1) is 19.3 Å². The molecule has 4 heteroatoms. The second-order valence-electron chi connectivity index (χ2n) is 5.80. The SMILES string of the molecule is COC(=O)/C=C/C(C)=C/C[C@H](O)/C(C)=C/CC[C@@H](C)[C@H](C)O. The molecule has 0 saturated carbocycles. The van der Waals surface area contributed by atoms with Crippen LogP contribution in [0.25, 0.3) is 0 Å². The molecule has 0 heterocycles. The maximum atomic E-state index is 11.0. The summed E-state index contributed by atoms with van der Waals surface area (Å²) < 4.78 is 4.52. The molecule has 0 aromatic carbocycles. The molecule has 0 aromatic heterocycles. The summed E-state index contributed by atoms with van der Waals surface area (Å²) in [7, 11) is 1.34. The minimum absolute atomic E-state index is 0.256. The van der Waals surface area contributed by atoms with E-state index in [-0.39, 0.29) is 12.0 Å². The summed E-state index contributed by atoms with van der Waals surface area (Å²) in [4.78, 5) is 11.0. The van der Waals surface area contributed by atoms with Crippen LogP contribution in [0.2, 0.25) is 0 Å². The first-order valence-corrected chi connectivity index (χ1v) is 7.73. The number of aliphatic hydroxyl groups excluding tert-OH is 2. The van der Waals surface area contributed by atoms with Gasteiger partial charge in [0, 0.05) is 6.08 Å². The first kappa shape index (κ1) is 20.6. The van der Waals surface area contributed by atoms with Crippen molar-refractivity contribution < 1.29 is 19.7 Å². The third kappa shape index (κ3) is 9.53. The summed E-state index contributed by atoms with van der Waals surface area (Å²) >= 11 is 0. The van der Waals surface area contributed by atoms with Gasteiger partial charge in [-0.25, -0.2) is 4.79 Å². The first-order valence-electron chi connectivity index (χ1n) is 7.73. The van der Waals surface area contributed by atoms with Crippen LogP contribution in [0, 0.1) is 5.92 Å². The van der Waals surface area contributed by atoms with Gasteiger partial charge in [-0.1, -0.05) is 30.7 Å². The van der Waals surface area contributed by atoms with Gasteiger partial charge in [-0.15, -0.1) is 0 Å². The van der Waals surface area contributed by atoms with E-state index in [4.69, 9.17) is 0 Å². The molecule has 4 nitrogen and oxygen atoms in total. The van der Waals surface area contributed by atoms with E-state index < -0.39 is 12.1 Å². The molecule has 0 saturated heterocycles. The zero-order chi connectivity index (χ0) is 17.1. The molecular weight excluding hydrogens is 280 g/mol. The Labute approximate surface area is 134 Å². The van der Waals surface area contributed by atoms with Crippen LogP contribution in [0.5, 0.6) is 0 Å². The predicted octanol–water partition coefficient (Wildman–Crippen LogP) is 3.16. The Morgan fingerprint density at radius 1 is 1.14 bits per heavy atom. The zero-order valence-corrected chi connectivity index (χ0v) is 14.4. The van der Waals surface area contributed by atoms with Crippen LogP contribution < -0.4 is 0 Å². The van der Waals surface area contributed by atoms with Crippen molar-refractivity contribution >= 4 is 5.97 Å².